The number of para-hydroxylation sites is 2. The molecule has 7 heteroatoms. The monoisotopic (exact) mass is 325 g/mol. The van der Waals surface area contributed by atoms with Crippen LogP contribution in [0, 0.1) is 0 Å². The molecule has 22 heavy (non-hydrogen) atoms. The highest BCUT2D eigenvalue weighted by molar-refractivity contribution is 7.22. The Morgan fingerprint density at radius 1 is 0.773 bits per heavy atom. The fourth-order valence-corrected chi connectivity index (χ4v) is 3.40. The van der Waals surface area contributed by atoms with E-state index in [9.17, 15) is 0 Å². The lowest BCUT2D eigenvalue weighted by Crippen LogP contribution is -1.92. The Morgan fingerprint density at radius 2 is 1.59 bits per heavy atom. The Bertz CT molecular complexity index is 867. The summed E-state index contributed by atoms with van der Waals surface area (Å²) in [5.41, 5.74) is 1.97. The molecule has 2 aromatic heterocycles. The minimum Gasteiger partial charge on any atom is -0.330 e. The SMILES string of the molecule is c1ccc(Nc2nc(Nc3nc4ccccc4s3)ns2)cc1. The summed E-state index contributed by atoms with van der Waals surface area (Å²) in [6.45, 7) is 0. The number of benzene rings is 2. The van der Waals surface area contributed by atoms with Gasteiger partial charge in [-0.25, -0.2) is 4.98 Å². The molecule has 2 aromatic carbocycles. The fraction of sp³-hybridized carbons (Fsp3) is 0. The number of rotatable bonds is 4. The van der Waals surface area contributed by atoms with Crippen molar-refractivity contribution >= 4 is 55.0 Å². The summed E-state index contributed by atoms with van der Waals surface area (Å²) in [5.74, 6) is 0.558. The molecule has 0 aliphatic rings. The molecule has 0 saturated carbocycles. The van der Waals surface area contributed by atoms with Gasteiger partial charge in [0.15, 0.2) is 5.13 Å². The second-order valence-corrected chi connectivity index (χ2v) is 6.31. The number of nitrogens with one attached hydrogen (secondary N) is 2. The van der Waals surface area contributed by atoms with Gasteiger partial charge in [-0.1, -0.05) is 41.7 Å². The maximum atomic E-state index is 4.51. The molecular weight excluding hydrogens is 314 g/mol. The van der Waals surface area contributed by atoms with E-state index in [1.807, 2.05) is 48.5 Å². The summed E-state index contributed by atoms with van der Waals surface area (Å²) in [7, 11) is 0. The molecule has 4 aromatic rings. The number of nitrogens with zero attached hydrogens (tertiary/aromatic N) is 3. The van der Waals surface area contributed by atoms with Gasteiger partial charge >= 0.3 is 0 Å². The van der Waals surface area contributed by atoms with Crippen molar-refractivity contribution < 1.29 is 0 Å². The number of hydrogen-bond donors (Lipinski definition) is 2. The number of fused-ring (bicyclic) bond motifs is 1. The predicted octanol–water partition coefficient (Wildman–Crippen LogP) is 4.64. The van der Waals surface area contributed by atoms with Crippen molar-refractivity contribution in [1.29, 1.82) is 0 Å². The van der Waals surface area contributed by atoms with E-state index >= 15 is 0 Å². The first kappa shape index (κ1) is 13.2. The first-order chi connectivity index (χ1) is 10.9. The maximum absolute atomic E-state index is 4.51. The second kappa shape index (κ2) is 5.70. The topological polar surface area (TPSA) is 62.7 Å². The second-order valence-electron chi connectivity index (χ2n) is 4.53. The number of aromatic nitrogens is 3. The third-order valence-electron chi connectivity index (χ3n) is 2.96. The first-order valence-corrected chi connectivity index (χ1v) is 8.24. The van der Waals surface area contributed by atoms with Crippen LogP contribution in [0.25, 0.3) is 10.2 Å². The molecule has 0 saturated heterocycles. The zero-order valence-corrected chi connectivity index (χ0v) is 13.0. The van der Waals surface area contributed by atoms with Crippen LogP contribution in [-0.4, -0.2) is 14.3 Å². The first-order valence-electron chi connectivity index (χ1n) is 6.65. The van der Waals surface area contributed by atoms with Crippen LogP contribution in [0.1, 0.15) is 0 Å². The molecule has 0 aliphatic heterocycles. The average Bonchev–Trinajstić information content (AvgIpc) is 3.14. The molecular formula is C15H11N5S2. The van der Waals surface area contributed by atoms with E-state index in [0.717, 1.165) is 26.2 Å². The number of thiazole rings is 1. The van der Waals surface area contributed by atoms with Gasteiger partial charge in [0.2, 0.25) is 11.1 Å². The minimum atomic E-state index is 0.558. The van der Waals surface area contributed by atoms with Gasteiger partial charge in [0.25, 0.3) is 0 Å². The van der Waals surface area contributed by atoms with Crippen LogP contribution in [0.5, 0.6) is 0 Å². The van der Waals surface area contributed by atoms with Gasteiger partial charge in [0.05, 0.1) is 10.2 Å². The van der Waals surface area contributed by atoms with E-state index in [1.165, 1.54) is 11.5 Å². The molecule has 0 unspecified atom stereocenters. The van der Waals surface area contributed by atoms with Crippen molar-refractivity contribution in [2.75, 3.05) is 10.6 Å². The molecule has 2 N–H and O–H groups in total. The van der Waals surface area contributed by atoms with Crippen molar-refractivity contribution in [3.63, 3.8) is 0 Å². The summed E-state index contributed by atoms with van der Waals surface area (Å²) in [4.78, 5) is 8.94. The third kappa shape index (κ3) is 2.76. The largest absolute Gasteiger partial charge is 0.330 e. The quantitative estimate of drug-likeness (QED) is 0.572. The molecule has 0 atom stereocenters. The van der Waals surface area contributed by atoms with Crippen LogP contribution in [0.2, 0.25) is 0 Å². The molecule has 0 spiro atoms. The van der Waals surface area contributed by atoms with Gasteiger partial charge in [0, 0.05) is 17.2 Å². The zero-order chi connectivity index (χ0) is 14.8. The van der Waals surface area contributed by atoms with Crippen molar-refractivity contribution in [3.8, 4) is 0 Å². The van der Waals surface area contributed by atoms with Crippen molar-refractivity contribution in [2.24, 2.45) is 0 Å². The van der Waals surface area contributed by atoms with Crippen molar-refractivity contribution in [3.05, 3.63) is 54.6 Å². The standard InChI is InChI=1S/C15H11N5S2/c1-2-6-10(7-3-1)16-15-19-13(20-22-15)18-14-17-11-8-4-5-9-12(11)21-14/h1-9H,(H2,16,17,18,19,20). The van der Waals surface area contributed by atoms with Gasteiger partial charge in [-0.2, -0.15) is 9.36 Å². The van der Waals surface area contributed by atoms with E-state index in [4.69, 9.17) is 0 Å². The molecule has 0 amide bonds. The highest BCUT2D eigenvalue weighted by atomic mass is 32.1. The fourth-order valence-electron chi connectivity index (χ4n) is 1.99. The summed E-state index contributed by atoms with van der Waals surface area (Å²) in [6.07, 6.45) is 0. The lowest BCUT2D eigenvalue weighted by molar-refractivity contribution is 1.28. The van der Waals surface area contributed by atoms with Gasteiger partial charge < -0.3 is 5.32 Å². The smallest absolute Gasteiger partial charge is 0.242 e. The maximum Gasteiger partial charge on any atom is 0.242 e. The van der Waals surface area contributed by atoms with E-state index < -0.39 is 0 Å². The summed E-state index contributed by atoms with van der Waals surface area (Å²) in [6, 6.07) is 17.9. The molecule has 2 heterocycles. The minimum absolute atomic E-state index is 0.558. The van der Waals surface area contributed by atoms with Crippen LogP contribution in [0.3, 0.4) is 0 Å². The van der Waals surface area contributed by atoms with Crippen LogP contribution >= 0.6 is 22.9 Å². The van der Waals surface area contributed by atoms with E-state index in [-0.39, 0.29) is 0 Å². The van der Waals surface area contributed by atoms with Crippen molar-refractivity contribution in [1.82, 2.24) is 14.3 Å². The molecule has 0 fully saturated rings. The Hall–Kier alpha value is -2.51. The lowest BCUT2D eigenvalue weighted by Gasteiger charge is -1.99. The van der Waals surface area contributed by atoms with Crippen LogP contribution in [0.4, 0.5) is 21.9 Å². The average molecular weight is 325 g/mol. The zero-order valence-electron chi connectivity index (χ0n) is 11.4. The Balaban J connectivity index is 1.51. The molecule has 0 aliphatic carbocycles. The summed E-state index contributed by atoms with van der Waals surface area (Å²) < 4.78 is 5.44. The van der Waals surface area contributed by atoms with E-state index in [1.54, 1.807) is 11.3 Å². The Kier molecular flexibility index (Phi) is 3.42. The summed E-state index contributed by atoms with van der Waals surface area (Å²) >= 11 is 2.90. The van der Waals surface area contributed by atoms with Gasteiger partial charge in [0.1, 0.15) is 0 Å². The van der Waals surface area contributed by atoms with Gasteiger partial charge in [-0.3, -0.25) is 5.32 Å². The van der Waals surface area contributed by atoms with Crippen LogP contribution in [-0.2, 0) is 0 Å². The Morgan fingerprint density at radius 3 is 2.45 bits per heavy atom. The van der Waals surface area contributed by atoms with Gasteiger partial charge in [-0.15, -0.1) is 0 Å². The van der Waals surface area contributed by atoms with Crippen LogP contribution < -0.4 is 10.6 Å². The normalized spacial score (nSPS) is 10.7. The molecule has 0 radical (unpaired) electrons. The molecule has 5 nitrogen and oxygen atoms in total. The van der Waals surface area contributed by atoms with Crippen LogP contribution in [0.15, 0.2) is 54.6 Å². The number of hydrogen-bond acceptors (Lipinski definition) is 7. The van der Waals surface area contributed by atoms with Gasteiger partial charge in [-0.05, 0) is 24.3 Å². The molecule has 108 valence electrons. The highest BCUT2D eigenvalue weighted by Crippen LogP contribution is 2.28. The highest BCUT2D eigenvalue weighted by Gasteiger charge is 2.08. The molecule has 4 rings (SSSR count). The Labute approximate surface area is 134 Å². The number of anilines is 4. The van der Waals surface area contributed by atoms with E-state index in [2.05, 4.69) is 31.0 Å². The third-order valence-corrected chi connectivity index (χ3v) is 4.55. The van der Waals surface area contributed by atoms with E-state index in [0.29, 0.717) is 5.95 Å². The molecule has 0 bridgehead atoms. The predicted molar refractivity (Wildman–Crippen MR) is 92.5 cm³/mol. The summed E-state index contributed by atoms with van der Waals surface area (Å²) in [5, 5.41) is 7.92. The van der Waals surface area contributed by atoms with Crippen molar-refractivity contribution in [2.45, 2.75) is 0 Å². The lowest BCUT2D eigenvalue weighted by atomic mass is 10.3.